The molecule has 136 valence electrons. The molecule has 27 heavy (non-hydrogen) atoms. The Hall–Kier alpha value is -2.65. The van der Waals surface area contributed by atoms with E-state index in [0.717, 1.165) is 39.4 Å². The summed E-state index contributed by atoms with van der Waals surface area (Å²) in [5.41, 5.74) is 1.57. The summed E-state index contributed by atoms with van der Waals surface area (Å²) in [6.07, 6.45) is 2.30. The van der Waals surface area contributed by atoms with Crippen LogP contribution >= 0.6 is 22.7 Å². The molecule has 6 nitrogen and oxygen atoms in total. The molecule has 0 radical (unpaired) electrons. The summed E-state index contributed by atoms with van der Waals surface area (Å²) >= 11 is 2.79. The maximum atomic E-state index is 13.2. The highest BCUT2D eigenvalue weighted by molar-refractivity contribution is 7.20. The number of hydrogen-bond acceptors (Lipinski definition) is 6. The van der Waals surface area contributed by atoms with Crippen molar-refractivity contribution in [3.63, 3.8) is 0 Å². The lowest BCUT2D eigenvalue weighted by molar-refractivity contribution is 0.103. The third kappa shape index (κ3) is 3.02. The lowest BCUT2D eigenvalue weighted by Crippen LogP contribution is -2.09. The standard InChI is InChI=1S/C18H14FN5OS2/c1-9-13-8-14(15(25)20-18-22-21-16(27-18)10-2-3-10)26-17(13)24(23-9)12-6-4-11(19)5-7-12/h4-8,10H,2-3H2,1H3,(H,20,22,25). The van der Waals surface area contributed by atoms with Crippen LogP contribution in [0.25, 0.3) is 15.9 Å². The highest BCUT2D eigenvalue weighted by Crippen LogP contribution is 2.42. The SMILES string of the molecule is Cc1nn(-c2ccc(F)cc2)c2sc(C(=O)Nc3nnc(C4CC4)s3)cc12. The van der Waals surface area contributed by atoms with Crippen LogP contribution < -0.4 is 5.32 Å². The maximum absolute atomic E-state index is 13.2. The van der Waals surface area contributed by atoms with Gasteiger partial charge >= 0.3 is 0 Å². The van der Waals surface area contributed by atoms with Gasteiger partial charge in [0.15, 0.2) is 0 Å². The first-order valence-electron chi connectivity index (χ1n) is 8.48. The second kappa shape index (κ2) is 6.21. The van der Waals surface area contributed by atoms with E-state index in [1.807, 2.05) is 13.0 Å². The predicted octanol–water partition coefficient (Wildman–Crippen LogP) is 4.52. The molecule has 1 aliphatic carbocycles. The Morgan fingerprint density at radius 3 is 2.74 bits per heavy atom. The minimum Gasteiger partial charge on any atom is -0.296 e. The number of carbonyl (C=O) groups is 1. The van der Waals surface area contributed by atoms with Crippen LogP contribution in [0.15, 0.2) is 30.3 Å². The van der Waals surface area contributed by atoms with Gasteiger partial charge in [0.25, 0.3) is 5.91 Å². The number of halogens is 1. The van der Waals surface area contributed by atoms with E-state index in [1.165, 1.54) is 34.8 Å². The van der Waals surface area contributed by atoms with Gasteiger partial charge in [-0.1, -0.05) is 11.3 Å². The Balaban J connectivity index is 1.45. The van der Waals surface area contributed by atoms with Gasteiger partial charge in [0, 0.05) is 11.3 Å². The summed E-state index contributed by atoms with van der Waals surface area (Å²) in [5.74, 6) is 0.00863. The highest BCUT2D eigenvalue weighted by Gasteiger charge is 2.28. The minimum absolute atomic E-state index is 0.209. The van der Waals surface area contributed by atoms with Crippen LogP contribution in [0.4, 0.5) is 9.52 Å². The quantitative estimate of drug-likeness (QED) is 0.548. The fourth-order valence-electron chi connectivity index (χ4n) is 2.86. The number of amides is 1. The van der Waals surface area contributed by atoms with Crippen LogP contribution in [0, 0.1) is 12.7 Å². The zero-order valence-corrected chi connectivity index (χ0v) is 15.9. The van der Waals surface area contributed by atoms with Gasteiger partial charge in [0.1, 0.15) is 15.7 Å². The fourth-order valence-corrected chi connectivity index (χ4v) is 4.84. The molecule has 3 aromatic heterocycles. The molecule has 1 N–H and O–H groups in total. The number of carbonyl (C=O) groups excluding carboxylic acids is 1. The van der Waals surface area contributed by atoms with Crippen LogP contribution in [0.1, 0.15) is 39.1 Å². The highest BCUT2D eigenvalue weighted by atomic mass is 32.1. The molecule has 0 aliphatic heterocycles. The Bertz CT molecular complexity index is 1160. The van der Waals surface area contributed by atoms with E-state index in [2.05, 4.69) is 20.6 Å². The molecule has 1 aliphatic rings. The number of aromatic nitrogens is 4. The molecule has 0 bridgehead atoms. The van der Waals surface area contributed by atoms with Crippen LogP contribution in [0.3, 0.4) is 0 Å². The Morgan fingerprint density at radius 2 is 2.00 bits per heavy atom. The van der Waals surface area contributed by atoms with Gasteiger partial charge < -0.3 is 0 Å². The predicted molar refractivity (Wildman–Crippen MR) is 103 cm³/mol. The largest absolute Gasteiger partial charge is 0.296 e. The monoisotopic (exact) mass is 399 g/mol. The molecule has 0 atom stereocenters. The lowest BCUT2D eigenvalue weighted by atomic mass is 10.3. The van der Waals surface area contributed by atoms with Gasteiger partial charge in [-0.3, -0.25) is 10.1 Å². The molecular formula is C18H14FN5OS2. The van der Waals surface area contributed by atoms with E-state index in [0.29, 0.717) is 15.9 Å². The molecule has 0 unspecified atom stereocenters. The van der Waals surface area contributed by atoms with E-state index in [9.17, 15) is 9.18 Å². The third-order valence-corrected chi connectivity index (χ3v) is 6.54. The summed E-state index contributed by atoms with van der Waals surface area (Å²) in [6.45, 7) is 1.89. The average Bonchev–Trinajstić information content (AvgIpc) is 3.11. The zero-order valence-electron chi connectivity index (χ0n) is 14.3. The van der Waals surface area contributed by atoms with Crippen molar-refractivity contribution < 1.29 is 9.18 Å². The van der Waals surface area contributed by atoms with Crippen molar-refractivity contribution in [2.75, 3.05) is 5.32 Å². The molecule has 1 fully saturated rings. The number of fused-ring (bicyclic) bond motifs is 1. The second-order valence-electron chi connectivity index (χ2n) is 6.48. The zero-order chi connectivity index (χ0) is 18.5. The summed E-state index contributed by atoms with van der Waals surface area (Å²) in [7, 11) is 0. The number of aryl methyl sites for hydroxylation is 1. The van der Waals surface area contributed by atoms with E-state index in [4.69, 9.17) is 0 Å². The number of thiophene rings is 1. The van der Waals surface area contributed by atoms with Crippen molar-refractivity contribution in [1.82, 2.24) is 20.0 Å². The van der Waals surface area contributed by atoms with Gasteiger partial charge in [-0.2, -0.15) is 5.10 Å². The van der Waals surface area contributed by atoms with Crippen LogP contribution in [-0.4, -0.2) is 25.9 Å². The molecule has 4 aromatic rings. The number of rotatable bonds is 4. The van der Waals surface area contributed by atoms with Crippen molar-refractivity contribution >= 4 is 43.9 Å². The van der Waals surface area contributed by atoms with Crippen LogP contribution in [0.2, 0.25) is 0 Å². The summed E-state index contributed by atoms with van der Waals surface area (Å²) in [6, 6.07) is 7.96. The van der Waals surface area contributed by atoms with Crippen LogP contribution in [-0.2, 0) is 0 Å². The van der Waals surface area contributed by atoms with Crippen molar-refractivity contribution in [1.29, 1.82) is 0 Å². The second-order valence-corrected chi connectivity index (χ2v) is 8.52. The topological polar surface area (TPSA) is 72.7 Å². The van der Waals surface area contributed by atoms with E-state index in [-0.39, 0.29) is 11.7 Å². The maximum Gasteiger partial charge on any atom is 0.267 e. The smallest absolute Gasteiger partial charge is 0.267 e. The van der Waals surface area contributed by atoms with Gasteiger partial charge in [0.2, 0.25) is 5.13 Å². The van der Waals surface area contributed by atoms with Gasteiger partial charge in [-0.05, 0) is 50.1 Å². The first-order chi connectivity index (χ1) is 13.1. The molecule has 0 spiro atoms. The molecule has 3 heterocycles. The van der Waals surface area contributed by atoms with E-state index >= 15 is 0 Å². The number of nitrogens with one attached hydrogen (secondary N) is 1. The molecule has 0 saturated heterocycles. The molecule has 1 saturated carbocycles. The molecule has 1 aromatic carbocycles. The molecule has 1 amide bonds. The number of hydrogen-bond donors (Lipinski definition) is 1. The summed E-state index contributed by atoms with van der Waals surface area (Å²) in [4.78, 5) is 14.1. The average molecular weight is 399 g/mol. The van der Waals surface area contributed by atoms with Gasteiger partial charge in [-0.15, -0.1) is 21.5 Å². The van der Waals surface area contributed by atoms with Crippen molar-refractivity contribution in [3.05, 3.63) is 51.7 Å². The van der Waals surface area contributed by atoms with Gasteiger partial charge in [0.05, 0.1) is 16.3 Å². The van der Waals surface area contributed by atoms with Crippen LogP contribution in [0.5, 0.6) is 0 Å². The summed E-state index contributed by atoms with van der Waals surface area (Å²) in [5, 5.41) is 18.0. The Labute approximate surface area is 161 Å². The first kappa shape index (κ1) is 16.5. The van der Waals surface area contributed by atoms with E-state index < -0.39 is 0 Å². The molecule has 5 rings (SSSR count). The fraction of sp³-hybridized carbons (Fsp3) is 0.222. The normalized spacial score (nSPS) is 14.0. The van der Waals surface area contributed by atoms with E-state index in [1.54, 1.807) is 16.8 Å². The number of benzene rings is 1. The number of anilines is 1. The third-order valence-electron chi connectivity index (χ3n) is 4.43. The summed E-state index contributed by atoms with van der Waals surface area (Å²) < 4.78 is 14.9. The van der Waals surface area contributed by atoms with Crippen molar-refractivity contribution in [2.45, 2.75) is 25.7 Å². The first-order valence-corrected chi connectivity index (χ1v) is 10.1. The van der Waals surface area contributed by atoms with Crippen molar-refractivity contribution in [3.8, 4) is 5.69 Å². The molecule has 9 heteroatoms. The van der Waals surface area contributed by atoms with Gasteiger partial charge in [-0.25, -0.2) is 9.07 Å². The molecular weight excluding hydrogens is 385 g/mol. The lowest BCUT2D eigenvalue weighted by Gasteiger charge is -2.02. The number of nitrogens with zero attached hydrogens (tertiary/aromatic N) is 4. The minimum atomic E-state index is -0.298. The Morgan fingerprint density at radius 1 is 1.22 bits per heavy atom. The Kier molecular flexibility index (Phi) is 3.80. The van der Waals surface area contributed by atoms with Crippen molar-refractivity contribution in [2.24, 2.45) is 0 Å².